The van der Waals surface area contributed by atoms with Gasteiger partial charge in [0.15, 0.2) is 0 Å². The number of hydrogen-bond donors (Lipinski definition) is 1. The molecule has 0 radical (unpaired) electrons. The second kappa shape index (κ2) is 6.80. The van der Waals surface area contributed by atoms with Crippen molar-refractivity contribution in [2.75, 3.05) is 10.5 Å². The van der Waals surface area contributed by atoms with Crippen molar-refractivity contribution in [3.63, 3.8) is 0 Å². The maximum absolute atomic E-state index is 10.5. The molecule has 0 bridgehead atoms. The van der Waals surface area contributed by atoms with Gasteiger partial charge in [-0.25, -0.2) is 0 Å². The Hall–Kier alpha value is -1.23. The fourth-order valence-corrected chi connectivity index (χ4v) is 3.00. The van der Waals surface area contributed by atoms with Crippen molar-refractivity contribution in [1.29, 1.82) is 0 Å². The fourth-order valence-electron chi connectivity index (χ4n) is 2.53. The Kier molecular flexibility index (Phi) is 5.07. The van der Waals surface area contributed by atoms with Crippen LogP contribution in [-0.4, -0.2) is 10.7 Å². The molecular weight excluding hydrogens is 260 g/mol. The van der Waals surface area contributed by atoms with Crippen LogP contribution in [0.2, 0.25) is 0 Å². The number of fused-ring (bicyclic) bond motifs is 1. The Balaban J connectivity index is 0.000000180. The molecule has 2 saturated carbocycles. The highest BCUT2D eigenvalue weighted by atomic mass is 32.2. The number of anilines is 1. The molecule has 1 aromatic carbocycles. The highest BCUT2D eigenvalue weighted by Crippen LogP contribution is 2.51. The van der Waals surface area contributed by atoms with Gasteiger partial charge in [0.1, 0.15) is 5.69 Å². The SMILES string of the molecule is C1CC2CC2C1.CCSNc1ccccc1[N+](=O)[O-]. The first kappa shape index (κ1) is 14.2. The Morgan fingerprint density at radius 3 is 2.53 bits per heavy atom. The maximum Gasteiger partial charge on any atom is 0.293 e. The zero-order valence-corrected chi connectivity index (χ0v) is 12.0. The Morgan fingerprint density at radius 2 is 2.05 bits per heavy atom. The van der Waals surface area contributed by atoms with Gasteiger partial charge in [-0.05, 0) is 24.3 Å². The van der Waals surface area contributed by atoms with E-state index >= 15 is 0 Å². The molecule has 2 aliphatic rings. The predicted molar refractivity (Wildman–Crippen MR) is 80.3 cm³/mol. The van der Waals surface area contributed by atoms with Crippen LogP contribution in [0.15, 0.2) is 24.3 Å². The summed E-state index contributed by atoms with van der Waals surface area (Å²) in [6.45, 7) is 1.98. The van der Waals surface area contributed by atoms with E-state index in [4.69, 9.17) is 0 Å². The first-order valence-electron chi connectivity index (χ1n) is 6.83. The first-order chi connectivity index (χ1) is 9.22. The number of rotatable bonds is 4. The van der Waals surface area contributed by atoms with Gasteiger partial charge in [0.2, 0.25) is 0 Å². The summed E-state index contributed by atoms with van der Waals surface area (Å²) in [4.78, 5) is 10.2. The van der Waals surface area contributed by atoms with E-state index in [1.54, 1.807) is 37.5 Å². The lowest BCUT2D eigenvalue weighted by atomic mass is 10.3. The van der Waals surface area contributed by atoms with Crippen LogP contribution in [0, 0.1) is 22.0 Å². The fraction of sp³-hybridized carbons (Fsp3) is 0.571. The van der Waals surface area contributed by atoms with E-state index in [1.807, 2.05) is 6.92 Å². The summed E-state index contributed by atoms with van der Waals surface area (Å²) < 4.78 is 2.92. The van der Waals surface area contributed by atoms with Gasteiger partial charge >= 0.3 is 0 Å². The van der Waals surface area contributed by atoms with Crippen LogP contribution in [-0.2, 0) is 0 Å². The normalized spacial score (nSPS) is 23.0. The molecule has 2 aliphatic carbocycles. The van der Waals surface area contributed by atoms with Gasteiger partial charge in [-0.1, -0.05) is 50.3 Å². The van der Waals surface area contributed by atoms with E-state index < -0.39 is 4.92 Å². The van der Waals surface area contributed by atoms with E-state index in [0.717, 1.165) is 5.75 Å². The highest BCUT2D eigenvalue weighted by Gasteiger charge is 2.40. The molecule has 2 unspecified atom stereocenters. The number of nitro groups is 1. The predicted octanol–water partition coefficient (Wildman–Crippen LogP) is 4.48. The standard InChI is InChI=1S/C8H10N2O2S.C6H10/c1-2-13-9-7-5-3-4-6-8(7)10(11)12;1-2-5-4-6(5)3-1/h3-6,9H,2H2,1H3;5-6H,1-4H2. The summed E-state index contributed by atoms with van der Waals surface area (Å²) in [5, 5.41) is 10.5. The van der Waals surface area contributed by atoms with Crippen molar-refractivity contribution in [2.45, 2.75) is 32.6 Å². The third-order valence-corrected chi connectivity index (χ3v) is 4.30. The average Bonchev–Trinajstić information content (AvgIpc) is 3.03. The van der Waals surface area contributed by atoms with E-state index in [9.17, 15) is 10.1 Å². The van der Waals surface area contributed by atoms with Crippen LogP contribution in [0.4, 0.5) is 11.4 Å². The van der Waals surface area contributed by atoms with Gasteiger partial charge in [-0.2, -0.15) is 0 Å². The summed E-state index contributed by atoms with van der Waals surface area (Å²) >= 11 is 1.44. The van der Waals surface area contributed by atoms with Crippen LogP contribution < -0.4 is 4.72 Å². The second-order valence-electron chi connectivity index (χ2n) is 5.00. The minimum absolute atomic E-state index is 0.114. The van der Waals surface area contributed by atoms with Crippen LogP contribution in [0.25, 0.3) is 0 Å². The molecule has 1 aromatic rings. The molecule has 0 heterocycles. The van der Waals surface area contributed by atoms with E-state index in [2.05, 4.69) is 4.72 Å². The molecule has 0 saturated heterocycles. The third kappa shape index (κ3) is 4.13. The summed E-state index contributed by atoms with van der Waals surface area (Å²) in [6.07, 6.45) is 6.24. The van der Waals surface area contributed by atoms with Gasteiger partial charge < -0.3 is 4.72 Å². The lowest BCUT2D eigenvalue weighted by Gasteiger charge is -2.03. The molecule has 0 spiro atoms. The zero-order valence-electron chi connectivity index (χ0n) is 11.2. The number of nitrogens with one attached hydrogen (secondary N) is 1. The average molecular weight is 280 g/mol. The summed E-state index contributed by atoms with van der Waals surface area (Å²) in [5.41, 5.74) is 0.669. The molecule has 3 rings (SSSR count). The van der Waals surface area contributed by atoms with Crippen molar-refractivity contribution in [3.8, 4) is 0 Å². The van der Waals surface area contributed by atoms with Crippen LogP contribution in [0.3, 0.4) is 0 Å². The Bertz CT molecular complexity index is 431. The largest absolute Gasteiger partial charge is 0.324 e. The molecule has 0 amide bonds. The topological polar surface area (TPSA) is 55.2 Å². The van der Waals surface area contributed by atoms with Crippen molar-refractivity contribution in [2.24, 2.45) is 11.8 Å². The molecule has 2 atom stereocenters. The van der Waals surface area contributed by atoms with Crippen molar-refractivity contribution >= 4 is 23.3 Å². The van der Waals surface area contributed by atoms with Crippen molar-refractivity contribution < 1.29 is 4.92 Å². The van der Waals surface area contributed by atoms with Crippen LogP contribution >= 0.6 is 11.9 Å². The maximum atomic E-state index is 10.5. The monoisotopic (exact) mass is 280 g/mol. The summed E-state index contributed by atoms with van der Waals surface area (Å²) in [5.74, 6) is 3.29. The molecule has 19 heavy (non-hydrogen) atoms. The van der Waals surface area contributed by atoms with Gasteiger partial charge in [-0.3, -0.25) is 10.1 Å². The van der Waals surface area contributed by atoms with E-state index in [-0.39, 0.29) is 5.69 Å². The first-order valence-corrected chi connectivity index (χ1v) is 7.82. The molecule has 1 N–H and O–H groups in total. The molecule has 0 aliphatic heterocycles. The second-order valence-corrected chi connectivity index (χ2v) is 6.07. The molecular formula is C14H20N2O2S. The molecule has 2 fully saturated rings. The van der Waals surface area contributed by atoms with Gasteiger partial charge in [0, 0.05) is 11.8 Å². The highest BCUT2D eigenvalue weighted by molar-refractivity contribution is 8.00. The minimum Gasteiger partial charge on any atom is -0.324 e. The third-order valence-electron chi connectivity index (χ3n) is 3.65. The Labute approximate surface area is 118 Å². The summed E-state index contributed by atoms with van der Waals surface area (Å²) in [6, 6.07) is 6.60. The van der Waals surface area contributed by atoms with Crippen LogP contribution in [0.5, 0.6) is 0 Å². The molecule has 0 aromatic heterocycles. The number of nitro benzene ring substituents is 1. The number of benzene rings is 1. The number of hydrogen-bond acceptors (Lipinski definition) is 4. The van der Waals surface area contributed by atoms with Gasteiger partial charge in [0.05, 0.1) is 4.92 Å². The quantitative estimate of drug-likeness (QED) is 0.502. The zero-order chi connectivity index (χ0) is 13.7. The van der Waals surface area contributed by atoms with Gasteiger partial charge in [-0.15, -0.1) is 0 Å². The lowest BCUT2D eigenvalue weighted by Crippen LogP contribution is -1.94. The minimum atomic E-state index is -0.390. The van der Waals surface area contributed by atoms with Crippen molar-refractivity contribution in [3.05, 3.63) is 34.4 Å². The molecule has 4 nitrogen and oxygen atoms in total. The molecule has 5 heteroatoms. The molecule has 104 valence electrons. The van der Waals surface area contributed by atoms with Crippen molar-refractivity contribution in [1.82, 2.24) is 0 Å². The lowest BCUT2D eigenvalue weighted by molar-refractivity contribution is -0.383. The smallest absolute Gasteiger partial charge is 0.293 e. The van der Waals surface area contributed by atoms with Crippen LogP contribution in [0.1, 0.15) is 32.6 Å². The van der Waals surface area contributed by atoms with Gasteiger partial charge in [0.25, 0.3) is 5.69 Å². The number of nitrogens with zero attached hydrogens (tertiary/aromatic N) is 1. The van der Waals surface area contributed by atoms with E-state index in [0.29, 0.717) is 5.69 Å². The Morgan fingerprint density at radius 1 is 1.37 bits per heavy atom. The number of para-hydroxylation sites is 2. The van der Waals surface area contributed by atoms with E-state index in [1.165, 1.54) is 36.3 Å². The summed E-state index contributed by atoms with van der Waals surface area (Å²) in [7, 11) is 0.